The first-order valence-electron chi connectivity index (χ1n) is 24.0. The second kappa shape index (κ2) is 26.9. The van der Waals surface area contributed by atoms with E-state index < -0.39 is 94.4 Å². The van der Waals surface area contributed by atoms with Crippen LogP contribution in [0.3, 0.4) is 0 Å². The van der Waals surface area contributed by atoms with Gasteiger partial charge in [-0.1, -0.05) is 60.7 Å². The number of ether oxygens (including phenoxy) is 4. The molecule has 71 heavy (non-hydrogen) atoms. The summed E-state index contributed by atoms with van der Waals surface area (Å²) in [6, 6.07) is 13.0. The fourth-order valence-corrected chi connectivity index (χ4v) is 7.44. The van der Waals surface area contributed by atoms with Gasteiger partial charge in [-0.2, -0.15) is 0 Å². The maximum absolute atomic E-state index is 14.5. The Morgan fingerprint density at radius 3 is 1.55 bits per heavy atom. The van der Waals surface area contributed by atoms with Crippen LogP contribution < -0.4 is 31.9 Å². The molecule has 19 heteroatoms. The van der Waals surface area contributed by atoms with Crippen molar-refractivity contribution in [1.82, 2.24) is 36.8 Å². The Morgan fingerprint density at radius 1 is 0.606 bits per heavy atom. The van der Waals surface area contributed by atoms with E-state index in [1.54, 1.807) is 124 Å². The van der Waals surface area contributed by atoms with Gasteiger partial charge in [-0.15, -0.1) is 11.8 Å². The lowest BCUT2D eigenvalue weighted by molar-refractivity contribution is -0.153. The summed E-state index contributed by atoms with van der Waals surface area (Å²) in [7, 11) is 1.20. The van der Waals surface area contributed by atoms with Gasteiger partial charge in [-0.05, 0) is 112 Å². The van der Waals surface area contributed by atoms with Crippen molar-refractivity contribution in [2.45, 2.75) is 167 Å². The predicted octanol–water partition coefficient (Wildman–Crippen LogP) is 4.99. The van der Waals surface area contributed by atoms with E-state index in [0.717, 1.165) is 5.56 Å². The van der Waals surface area contributed by atoms with Crippen LogP contribution in [0.15, 0.2) is 60.7 Å². The van der Waals surface area contributed by atoms with E-state index in [2.05, 4.69) is 43.7 Å². The molecule has 7 amide bonds. The molecule has 19 nitrogen and oxygen atoms in total. The van der Waals surface area contributed by atoms with Crippen LogP contribution in [0.25, 0.3) is 0 Å². The molecular weight excluding hydrogens is 915 g/mol. The Hall–Kier alpha value is -6.84. The molecule has 0 spiro atoms. The molecule has 0 saturated carbocycles. The third-order valence-corrected chi connectivity index (χ3v) is 10.8. The first-order valence-corrected chi connectivity index (χ1v) is 24.0. The van der Waals surface area contributed by atoms with Crippen molar-refractivity contribution in [3.05, 3.63) is 71.8 Å². The van der Waals surface area contributed by atoms with Gasteiger partial charge in [-0.25, -0.2) is 19.2 Å². The van der Waals surface area contributed by atoms with Gasteiger partial charge >= 0.3 is 24.2 Å². The number of rotatable bonds is 20. The fourth-order valence-electron chi connectivity index (χ4n) is 7.44. The first-order chi connectivity index (χ1) is 33.2. The molecule has 1 aliphatic heterocycles. The Kier molecular flexibility index (Phi) is 22.2. The molecular formula is C52H75N7O12. The third-order valence-electron chi connectivity index (χ3n) is 10.8. The maximum atomic E-state index is 14.5. The minimum Gasteiger partial charge on any atom is -0.467 e. The first kappa shape index (κ1) is 58.5. The number of esters is 1. The highest BCUT2D eigenvalue weighted by Gasteiger charge is 2.46. The second-order valence-corrected chi connectivity index (χ2v) is 20.3. The number of likely N-dealkylation sites (tertiary alicyclic amines) is 1. The second-order valence-electron chi connectivity index (χ2n) is 20.3. The molecule has 1 saturated heterocycles. The maximum Gasteiger partial charge on any atom is 0.408 e. The number of alkyl carbamates (subject to hydrolysis) is 3. The number of nitrogens with one attached hydrogen (secondary N) is 6. The van der Waals surface area contributed by atoms with Crippen LogP contribution in [-0.4, -0.2) is 126 Å². The van der Waals surface area contributed by atoms with E-state index in [1.807, 2.05) is 6.07 Å². The Bertz CT molecular complexity index is 2180. The summed E-state index contributed by atoms with van der Waals surface area (Å²) in [6.45, 7) is 17.1. The SMILES string of the molecule is CC#CCC(NC(=O)C(Cc1ccccc1)NC(=O)C(Cc1ccccc1)NC(=O)OC(C)(C)C)C(=O)NC(CCCCNC(=O)OC(C)(C)C)C(=O)N1CCC(NC(=O)OC(C)(C)C)(C(=O)OC)CC1. The summed E-state index contributed by atoms with van der Waals surface area (Å²) in [5, 5.41) is 16.4. The highest BCUT2D eigenvalue weighted by Crippen LogP contribution is 2.26. The molecule has 1 fully saturated rings. The van der Waals surface area contributed by atoms with Gasteiger partial charge < -0.3 is 55.7 Å². The highest BCUT2D eigenvalue weighted by atomic mass is 16.6. The van der Waals surface area contributed by atoms with Gasteiger partial charge in [0.1, 0.15) is 46.5 Å². The van der Waals surface area contributed by atoms with Gasteiger partial charge in [0.2, 0.25) is 23.6 Å². The Morgan fingerprint density at radius 2 is 1.06 bits per heavy atom. The van der Waals surface area contributed by atoms with E-state index in [-0.39, 0.29) is 58.2 Å². The smallest absolute Gasteiger partial charge is 0.408 e. The molecule has 4 unspecified atom stereocenters. The lowest BCUT2D eigenvalue weighted by Crippen LogP contribution is -2.63. The normalized spacial score (nSPS) is 15.1. The number of benzene rings is 2. The zero-order chi connectivity index (χ0) is 53.0. The number of piperidine rings is 1. The number of unbranched alkanes of at least 4 members (excludes halogenated alkanes) is 1. The summed E-state index contributed by atoms with van der Waals surface area (Å²) < 4.78 is 21.3. The monoisotopic (exact) mass is 990 g/mol. The van der Waals surface area contributed by atoms with E-state index in [4.69, 9.17) is 18.9 Å². The van der Waals surface area contributed by atoms with Crippen molar-refractivity contribution < 1.29 is 57.3 Å². The van der Waals surface area contributed by atoms with Gasteiger partial charge in [0.25, 0.3) is 0 Å². The minimum absolute atomic E-state index is 0.0000448. The lowest BCUT2D eigenvalue weighted by atomic mass is 9.87. The molecule has 0 radical (unpaired) electrons. The van der Waals surface area contributed by atoms with E-state index in [9.17, 15) is 38.4 Å². The molecule has 3 rings (SSSR count). The number of hydrogen-bond donors (Lipinski definition) is 6. The van der Waals surface area contributed by atoms with Crippen LogP contribution in [0.2, 0.25) is 0 Å². The van der Waals surface area contributed by atoms with E-state index in [1.165, 1.54) is 12.0 Å². The minimum atomic E-state index is -1.49. The van der Waals surface area contributed by atoms with Gasteiger partial charge in [-0.3, -0.25) is 19.2 Å². The molecule has 1 aliphatic rings. The van der Waals surface area contributed by atoms with Crippen LogP contribution in [0.4, 0.5) is 14.4 Å². The van der Waals surface area contributed by atoms with Crippen LogP contribution in [0.5, 0.6) is 0 Å². The molecule has 2 aromatic carbocycles. The molecule has 1 heterocycles. The van der Waals surface area contributed by atoms with Crippen LogP contribution in [-0.2, 0) is 55.8 Å². The molecule has 0 aromatic heterocycles. The number of amides is 7. The number of carbonyl (C=O) groups excluding carboxylic acids is 8. The van der Waals surface area contributed by atoms with Crippen LogP contribution >= 0.6 is 0 Å². The zero-order valence-corrected chi connectivity index (χ0v) is 43.2. The zero-order valence-electron chi connectivity index (χ0n) is 43.2. The van der Waals surface area contributed by atoms with Gasteiger partial charge in [0.05, 0.1) is 7.11 Å². The molecule has 0 bridgehead atoms. The number of nitrogens with zero attached hydrogens (tertiary/aromatic N) is 1. The van der Waals surface area contributed by atoms with E-state index in [0.29, 0.717) is 18.4 Å². The third kappa shape index (κ3) is 21.4. The summed E-state index contributed by atoms with van der Waals surface area (Å²) >= 11 is 0. The summed E-state index contributed by atoms with van der Waals surface area (Å²) in [6.07, 6.45) is -1.55. The quantitative estimate of drug-likeness (QED) is 0.0445. The molecule has 2 aromatic rings. The average molecular weight is 990 g/mol. The van der Waals surface area contributed by atoms with Crippen molar-refractivity contribution in [2.24, 2.45) is 0 Å². The van der Waals surface area contributed by atoms with Crippen molar-refractivity contribution in [3.8, 4) is 11.8 Å². The molecule has 4 atom stereocenters. The van der Waals surface area contributed by atoms with Crippen LogP contribution in [0, 0.1) is 11.8 Å². The summed E-state index contributed by atoms with van der Waals surface area (Å²) in [4.78, 5) is 110. The van der Waals surface area contributed by atoms with E-state index >= 15 is 0 Å². The predicted molar refractivity (Wildman–Crippen MR) is 265 cm³/mol. The Balaban J connectivity index is 1.91. The summed E-state index contributed by atoms with van der Waals surface area (Å²) in [5.74, 6) is 2.24. The summed E-state index contributed by atoms with van der Waals surface area (Å²) in [5.41, 5.74) is -2.50. The number of hydrogen-bond acceptors (Lipinski definition) is 12. The number of methoxy groups -OCH3 is 1. The number of carbonyl (C=O) groups is 8. The van der Waals surface area contributed by atoms with Crippen molar-refractivity contribution in [1.29, 1.82) is 0 Å². The Labute approximate surface area is 418 Å². The van der Waals surface area contributed by atoms with Crippen molar-refractivity contribution >= 4 is 47.9 Å². The van der Waals surface area contributed by atoms with Crippen molar-refractivity contribution in [3.63, 3.8) is 0 Å². The topological polar surface area (TPSA) is 249 Å². The largest absolute Gasteiger partial charge is 0.467 e. The average Bonchev–Trinajstić information content (AvgIpc) is 3.27. The molecule has 6 N–H and O–H groups in total. The standard InChI is InChI=1S/C52H75N7O12/c1-12-13-26-37(54-42(61)39(33-35-22-16-14-17-23-35)56-43(62)40(34-36-24-18-15-19-25-36)57-47(66)70-50(5,6)7)41(60)55-38(27-20-21-30-53-46(65)69-49(2,3)4)44(63)59-31-28-52(29-32-59,45(64)68-11)58-48(67)71-51(8,9)10/h14-19,22-25,37-40H,20-21,26-34H2,1-11H3,(H,53,65)(H,54,61)(H,55,60)(H,56,62)(H,57,66)(H,58,67). The molecule has 0 aliphatic carbocycles. The van der Waals surface area contributed by atoms with Crippen molar-refractivity contribution in [2.75, 3.05) is 26.7 Å². The molecule has 390 valence electrons. The highest BCUT2D eigenvalue weighted by molar-refractivity contribution is 5.96. The van der Waals surface area contributed by atoms with Gasteiger partial charge in [0.15, 0.2) is 0 Å². The van der Waals surface area contributed by atoms with Crippen LogP contribution in [0.1, 0.15) is 119 Å². The fraction of sp³-hybridized carbons (Fsp3) is 0.577. The van der Waals surface area contributed by atoms with Gasteiger partial charge in [0, 0.05) is 38.9 Å². The lowest BCUT2D eigenvalue weighted by Gasteiger charge is -2.41.